The van der Waals surface area contributed by atoms with Gasteiger partial charge in [0, 0.05) is 24.5 Å². The van der Waals surface area contributed by atoms with E-state index in [-0.39, 0.29) is 6.03 Å². The number of urea groups is 1. The van der Waals surface area contributed by atoms with E-state index in [0.717, 1.165) is 44.9 Å². The normalized spacial score (nSPS) is 10.9. The van der Waals surface area contributed by atoms with Crippen LogP contribution in [0, 0.1) is 0 Å². The molecule has 0 saturated heterocycles. The van der Waals surface area contributed by atoms with Crippen LogP contribution in [0.4, 0.5) is 16.2 Å². The van der Waals surface area contributed by atoms with E-state index in [9.17, 15) is 9.59 Å². The Bertz CT molecular complexity index is 1310. The Labute approximate surface area is 186 Å². The van der Waals surface area contributed by atoms with Gasteiger partial charge in [-0.25, -0.2) is 9.59 Å². The third kappa shape index (κ3) is 4.84. The van der Waals surface area contributed by atoms with E-state index >= 15 is 0 Å². The first-order chi connectivity index (χ1) is 15.5. The fraction of sp³-hybridized carbons (Fsp3) is 0.0370. The van der Waals surface area contributed by atoms with E-state index in [1.807, 2.05) is 91.0 Å². The molecule has 0 aliphatic carbocycles. The molecule has 4 aromatic rings. The zero-order valence-corrected chi connectivity index (χ0v) is 17.5. The number of carbonyl (C=O) groups is 2. The van der Waals surface area contributed by atoms with Crippen molar-refractivity contribution in [2.45, 2.75) is 0 Å². The lowest BCUT2D eigenvalue weighted by Gasteiger charge is -2.19. The number of carboxylic acid groups (broad SMARTS) is 1. The largest absolute Gasteiger partial charge is 0.478 e. The molecule has 32 heavy (non-hydrogen) atoms. The van der Waals surface area contributed by atoms with E-state index in [1.54, 1.807) is 18.0 Å². The summed E-state index contributed by atoms with van der Waals surface area (Å²) in [4.78, 5) is 25.1. The summed E-state index contributed by atoms with van der Waals surface area (Å²) in [6.45, 7) is 0. The average Bonchev–Trinajstić information content (AvgIpc) is 2.82. The van der Waals surface area contributed by atoms with Gasteiger partial charge in [0.1, 0.15) is 0 Å². The zero-order valence-electron chi connectivity index (χ0n) is 17.5. The molecule has 5 nitrogen and oxygen atoms in total. The Morgan fingerprint density at radius 2 is 1.56 bits per heavy atom. The molecule has 0 unspecified atom stereocenters. The number of amides is 2. The average molecular weight is 422 g/mol. The van der Waals surface area contributed by atoms with Gasteiger partial charge in [-0.1, -0.05) is 66.7 Å². The second-order valence-corrected chi connectivity index (χ2v) is 7.40. The standard InChI is InChI=1S/C27H22N2O3/c1-29(27(32)28-24-15-14-20-5-2-3-6-22(20)17-24)25-8-4-7-23(18-25)21-12-9-19(10-13-21)11-16-26(30)31/h2-18H,1H3,(H,28,32)(H,30,31)/b16-11+. The summed E-state index contributed by atoms with van der Waals surface area (Å²) >= 11 is 0. The molecule has 0 saturated carbocycles. The molecule has 4 rings (SSSR count). The molecule has 0 spiro atoms. The van der Waals surface area contributed by atoms with Gasteiger partial charge in [-0.2, -0.15) is 0 Å². The first-order valence-electron chi connectivity index (χ1n) is 10.1. The number of nitrogens with one attached hydrogen (secondary N) is 1. The predicted octanol–water partition coefficient (Wildman–Crippen LogP) is 6.27. The van der Waals surface area contributed by atoms with Gasteiger partial charge in [0.05, 0.1) is 0 Å². The number of hydrogen-bond acceptors (Lipinski definition) is 2. The van der Waals surface area contributed by atoms with Gasteiger partial charge in [-0.15, -0.1) is 0 Å². The Kier molecular flexibility index (Phi) is 5.99. The fourth-order valence-corrected chi connectivity index (χ4v) is 3.44. The van der Waals surface area contributed by atoms with Crippen molar-refractivity contribution in [2.24, 2.45) is 0 Å². The molecule has 0 aliphatic rings. The van der Waals surface area contributed by atoms with Gasteiger partial charge in [-0.05, 0) is 57.8 Å². The van der Waals surface area contributed by atoms with Crippen molar-refractivity contribution in [1.82, 2.24) is 0 Å². The Morgan fingerprint density at radius 1 is 0.812 bits per heavy atom. The molecule has 0 heterocycles. The van der Waals surface area contributed by atoms with Gasteiger partial charge in [0.15, 0.2) is 0 Å². The highest BCUT2D eigenvalue weighted by atomic mass is 16.4. The molecule has 0 aliphatic heterocycles. The highest BCUT2D eigenvalue weighted by Crippen LogP contribution is 2.26. The van der Waals surface area contributed by atoms with Gasteiger partial charge >= 0.3 is 12.0 Å². The fourth-order valence-electron chi connectivity index (χ4n) is 3.44. The SMILES string of the molecule is CN(C(=O)Nc1ccc2ccccc2c1)c1cccc(-c2ccc(/C=C/C(=O)O)cc2)c1. The lowest BCUT2D eigenvalue weighted by Crippen LogP contribution is -2.31. The first-order valence-corrected chi connectivity index (χ1v) is 10.1. The molecule has 0 atom stereocenters. The maximum Gasteiger partial charge on any atom is 0.328 e. The molecular formula is C27H22N2O3. The molecule has 2 amide bonds. The van der Waals surface area contributed by atoms with Crippen molar-refractivity contribution >= 4 is 40.2 Å². The molecule has 0 aromatic heterocycles. The maximum atomic E-state index is 12.8. The van der Waals surface area contributed by atoms with Crippen molar-refractivity contribution in [1.29, 1.82) is 0 Å². The Hall–Kier alpha value is -4.38. The number of anilines is 2. The van der Waals surface area contributed by atoms with Crippen LogP contribution in [0.3, 0.4) is 0 Å². The van der Waals surface area contributed by atoms with Gasteiger partial charge in [0.2, 0.25) is 0 Å². The number of carbonyl (C=O) groups excluding carboxylic acids is 1. The Morgan fingerprint density at radius 3 is 2.31 bits per heavy atom. The summed E-state index contributed by atoms with van der Waals surface area (Å²) in [5.41, 5.74) is 4.24. The summed E-state index contributed by atoms with van der Waals surface area (Å²) in [6.07, 6.45) is 2.66. The minimum Gasteiger partial charge on any atom is -0.478 e. The van der Waals surface area contributed by atoms with E-state index < -0.39 is 5.97 Å². The van der Waals surface area contributed by atoms with Crippen molar-refractivity contribution in [2.75, 3.05) is 17.3 Å². The van der Waals surface area contributed by atoms with E-state index in [2.05, 4.69) is 5.32 Å². The molecule has 0 fully saturated rings. The number of fused-ring (bicyclic) bond motifs is 1. The summed E-state index contributed by atoms with van der Waals surface area (Å²) in [7, 11) is 1.73. The topological polar surface area (TPSA) is 69.6 Å². The number of carboxylic acids is 1. The molecule has 158 valence electrons. The van der Waals surface area contributed by atoms with Gasteiger partial charge in [-0.3, -0.25) is 4.90 Å². The third-order valence-electron chi connectivity index (χ3n) is 5.20. The molecule has 0 radical (unpaired) electrons. The van der Waals surface area contributed by atoms with E-state index in [4.69, 9.17) is 5.11 Å². The van der Waals surface area contributed by atoms with Crippen molar-refractivity contribution in [3.8, 4) is 11.1 Å². The minimum absolute atomic E-state index is 0.230. The lowest BCUT2D eigenvalue weighted by molar-refractivity contribution is -0.131. The number of aliphatic carboxylic acids is 1. The van der Waals surface area contributed by atoms with Gasteiger partial charge < -0.3 is 10.4 Å². The molecule has 4 aromatic carbocycles. The predicted molar refractivity (Wildman–Crippen MR) is 130 cm³/mol. The summed E-state index contributed by atoms with van der Waals surface area (Å²) in [5.74, 6) is -0.980. The second-order valence-electron chi connectivity index (χ2n) is 7.40. The Balaban J connectivity index is 1.50. The van der Waals surface area contributed by atoms with Crippen LogP contribution in [0.25, 0.3) is 28.0 Å². The molecule has 0 bridgehead atoms. The zero-order chi connectivity index (χ0) is 22.5. The quantitative estimate of drug-likeness (QED) is 0.372. The van der Waals surface area contributed by atoms with Gasteiger partial charge in [0.25, 0.3) is 0 Å². The maximum absolute atomic E-state index is 12.8. The number of rotatable bonds is 5. The monoisotopic (exact) mass is 422 g/mol. The molecule has 5 heteroatoms. The highest BCUT2D eigenvalue weighted by molar-refractivity contribution is 6.02. The summed E-state index contributed by atoms with van der Waals surface area (Å²) < 4.78 is 0. The smallest absolute Gasteiger partial charge is 0.328 e. The van der Waals surface area contributed by atoms with Crippen LogP contribution < -0.4 is 10.2 Å². The van der Waals surface area contributed by atoms with Crippen LogP contribution in [0.2, 0.25) is 0 Å². The van der Waals surface area contributed by atoms with Crippen molar-refractivity contribution in [3.63, 3.8) is 0 Å². The van der Waals surface area contributed by atoms with E-state index in [1.165, 1.54) is 0 Å². The third-order valence-corrected chi connectivity index (χ3v) is 5.20. The van der Waals surface area contributed by atoms with Crippen molar-refractivity contribution < 1.29 is 14.7 Å². The first kappa shape index (κ1) is 20.9. The molecule has 2 N–H and O–H groups in total. The number of hydrogen-bond donors (Lipinski definition) is 2. The number of nitrogens with zero attached hydrogens (tertiary/aromatic N) is 1. The second kappa shape index (κ2) is 9.18. The van der Waals surface area contributed by atoms with Crippen molar-refractivity contribution in [3.05, 3.63) is 103 Å². The highest BCUT2D eigenvalue weighted by Gasteiger charge is 2.12. The summed E-state index contributed by atoms with van der Waals surface area (Å²) in [6, 6.07) is 28.9. The minimum atomic E-state index is -0.980. The summed E-state index contributed by atoms with van der Waals surface area (Å²) in [5, 5.41) is 13.9. The van der Waals surface area contributed by atoms with Crippen LogP contribution in [0.5, 0.6) is 0 Å². The van der Waals surface area contributed by atoms with Crippen LogP contribution in [0.15, 0.2) is 97.1 Å². The van der Waals surface area contributed by atoms with Crippen LogP contribution in [-0.4, -0.2) is 24.2 Å². The van der Waals surface area contributed by atoms with Crippen LogP contribution in [0.1, 0.15) is 5.56 Å². The lowest BCUT2D eigenvalue weighted by atomic mass is 10.0. The van der Waals surface area contributed by atoms with E-state index in [0.29, 0.717) is 0 Å². The van der Waals surface area contributed by atoms with Crippen LogP contribution >= 0.6 is 0 Å². The van der Waals surface area contributed by atoms with Crippen LogP contribution in [-0.2, 0) is 4.79 Å². The molecular weight excluding hydrogens is 400 g/mol. The number of benzene rings is 4.